The van der Waals surface area contributed by atoms with Gasteiger partial charge in [-0.1, -0.05) is 30.0 Å². The number of rotatable bonds is 1. The SMILES string of the molecule is NN1C(=O)/C(=C\c2ccc(O)c(Br)c2)SC1=S. The number of benzene rings is 1. The van der Waals surface area contributed by atoms with Crippen molar-refractivity contribution in [3.63, 3.8) is 0 Å². The Hall–Kier alpha value is -0.890. The standard InChI is InChI=1S/C10H7BrN2O2S2/c11-6-3-5(1-2-7(6)14)4-8-9(15)13(12)10(16)17-8/h1-4,14H,12H2/b8-4+. The molecule has 2 rings (SSSR count). The van der Waals surface area contributed by atoms with E-state index in [-0.39, 0.29) is 11.7 Å². The number of aromatic hydroxyl groups is 1. The van der Waals surface area contributed by atoms with Crippen LogP contribution in [0, 0.1) is 0 Å². The second-order valence-electron chi connectivity index (χ2n) is 3.26. The third-order valence-corrected chi connectivity index (χ3v) is 4.06. The average Bonchev–Trinajstić information content (AvgIpc) is 2.52. The number of thioether (sulfide) groups is 1. The third-order valence-electron chi connectivity index (χ3n) is 2.09. The fourth-order valence-electron chi connectivity index (χ4n) is 1.24. The van der Waals surface area contributed by atoms with Gasteiger partial charge >= 0.3 is 0 Å². The first kappa shape index (κ1) is 12.6. The summed E-state index contributed by atoms with van der Waals surface area (Å²) in [5.74, 6) is 5.28. The first-order chi connectivity index (χ1) is 7.99. The van der Waals surface area contributed by atoms with E-state index in [4.69, 9.17) is 18.1 Å². The number of hydrogen-bond acceptors (Lipinski definition) is 5. The maximum atomic E-state index is 11.6. The number of carbonyl (C=O) groups excluding carboxylic acids is 1. The van der Waals surface area contributed by atoms with Gasteiger partial charge in [0.2, 0.25) is 0 Å². The first-order valence-electron chi connectivity index (χ1n) is 4.50. The van der Waals surface area contributed by atoms with Crippen LogP contribution >= 0.6 is 39.9 Å². The third kappa shape index (κ3) is 2.52. The Labute approximate surface area is 116 Å². The number of hydrazine groups is 1. The maximum Gasteiger partial charge on any atom is 0.280 e. The number of phenolic OH excluding ortho intramolecular Hbond substituents is 1. The smallest absolute Gasteiger partial charge is 0.280 e. The molecule has 0 unspecified atom stereocenters. The van der Waals surface area contributed by atoms with Gasteiger partial charge in [-0.3, -0.25) is 4.79 Å². The highest BCUT2D eigenvalue weighted by molar-refractivity contribution is 9.10. The summed E-state index contributed by atoms with van der Waals surface area (Å²) in [4.78, 5) is 12.1. The largest absolute Gasteiger partial charge is 0.507 e. The second-order valence-corrected chi connectivity index (χ2v) is 5.79. The molecule has 3 N–H and O–H groups in total. The molecule has 1 heterocycles. The number of carbonyl (C=O) groups is 1. The van der Waals surface area contributed by atoms with E-state index >= 15 is 0 Å². The van der Waals surface area contributed by atoms with E-state index in [2.05, 4.69) is 15.9 Å². The summed E-state index contributed by atoms with van der Waals surface area (Å²) in [6, 6.07) is 4.95. The van der Waals surface area contributed by atoms with Crippen molar-refractivity contribution < 1.29 is 9.90 Å². The fourth-order valence-corrected chi connectivity index (χ4v) is 2.74. The van der Waals surface area contributed by atoms with Gasteiger partial charge in [-0.25, -0.2) is 10.9 Å². The van der Waals surface area contributed by atoms with Crippen LogP contribution in [0.5, 0.6) is 5.75 Å². The number of amides is 1. The van der Waals surface area contributed by atoms with E-state index in [1.54, 1.807) is 24.3 Å². The molecule has 0 aromatic heterocycles. The lowest BCUT2D eigenvalue weighted by molar-refractivity contribution is -0.122. The number of nitrogens with two attached hydrogens (primary N) is 1. The van der Waals surface area contributed by atoms with Crippen molar-refractivity contribution in [2.75, 3.05) is 0 Å². The number of thiocarbonyl (C=S) groups is 1. The molecule has 1 aromatic carbocycles. The van der Waals surface area contributed by atoms with Gasteiger partial charge in [0.15, 0.2) is 4.32 Å². The zero-order valence-electron chi connectivity index (χ0n) is 8.38. The Morgan fingerprint density at radius 3 is 2.76 bits per heavy atom. The molecule has 7 heteroatoms. The molecule has 1 aliphatic heterocycles. The van der Waals surface area contributed by atoms with Gasteiger partial charge < -0.3 is 5.11 Å². The molecule has 0 radical (unpaired) electrons. The van der Waals surface area contributed by atoms with Crippen LogP contribution in [0.4, 0.5) is 0 Å². The highest BCUT2D eigenvalue weighted by Crippen LogP contribution is 2.32. The van der Waals surface area contributed by atoms with Crippen LogP contribution in [0.2, 0.25) is 0 Å². The van der Waals surface area contributed by atoms with E-state index < -0.39 is 0 Å². The van der Waals surface area contributed by atoms with Crippen LogP contribution in [0.3, 0.4) is 0 Å². The van der Waals surface area contributed by atoms with Gasteiger partial charge in [0, 0.05) is 0 Å². The van der Waals surface area contributed by atoms with Crippen molar-refractivity contribution in [2.24, 2.45) is 5.84 Å². The summed E-state index contributed by atoms with van der Waals surface area (Å²) in [7, 11) is 0. The predicted molar refractivity (Wildman–Crippen MR) is 75.0 cm³/mol. The Morgan fingerprint density at radius 1 is 1.53 bits per heavy atom. The Morgan fingerprint density at radius 2 is 2.24 bits per heavy atom. The van der Waals surface area contributed by atoms with Crippen LogP contribution in [0.15, 0.2) is 27.6 Å². The van der Waals surface area contributed by atoms with E-state index in [9.17, 15) is 9.90 Å². The molecule has 0 aliphatic carbocycles. The summed E-state index contributed by atoms with van der Waals surface area (Å²) < 4.78 is 0.897. The zero-order chi connectivity index (χ0) is 12.6. The van der Waals surface area contributed by atoms with Crippen molar-refractivity contribution in [3.8, 4) is 5.75 Å². The lowest BCUT2D eigenvalue weighted by Gasteiger charge is -2.03. The van der Waals surface area contributed by atoms with Gasteiger partial charge in [-0.05, 0) is 39.7 Å². The molecule has 88 valence electrons. The summed E-state index contributed by atoms with van der Waals surface area (Å²) in [6.07, 6.45) is 1.68. The first-order valence-corrected chi connectivity index (χ1v) is 6.52. The molecular formula is C10H7BrN2O2S2. The quantitative estimate of drug-likeness (QED) is 0.358. The summed E-state index contributed by atoms with van der Waals surface area (Å²) in [5.41, 5.74) is 0.781. The van der Waals surface area contributed by atoms with Crippen LogP contribution in [0.25, 0.3) is 6.08 Å². The molecule has 0 saturated carbocycles. The van der Waals surface area contributed by atoms with E-state index in [0.717, 1.165) is 22.3 Å². The lowest BCUT2D eigenvalue weighted by atomic mass is 10.2. The molecule has 0 bridgehead atoms. The van der Waals surface area contributed by atoms with Crippen LogP contribution in [0.1, 0.15) is 5.56 Å². The molecule has 1 fully saturated rings. The number of halogens is 1. The Bertz CT molecular complexity index is 545. The van der Waals surface area contributed by atoms with Gasteiger partial charge in [0.25, 0.3) is 5.91 Å². The highest BCUT2D eigenvalue weighted by atomic mass is 79.9. The molecular weight excluding hydrogens is 324 g/mol. The second kappa shape index (κ2) is 4.77. The normalized spacial score (nSPS) is 18.2. The van der Waals surface area contributed by atoms with Gasteiger partial charge in [0.1, 0.15) is 5.75 Å². The van der Waals surface area contributed by atoms with Crippen LogP contribution < -0.4 is 5.84 Å². The zero-order valence-corrected chi connectivity index (χ0v) is 11.6. The number of phenols is 1. The minimum Gasteiger partial charge on any atom is -0.507 e. The van der Waals surface area contributed by atoms with Crippen molar-refractivity contribution >= 4 is 56.2 Å². The molecule has 17 heavy (non-hydrogen) atoms. The molecule has 1 amide bonds. The fraction of sp³-hybridized carbons (Fsp3) is 0. The van der Waals surface area contributed by atoms with E-state index in [1.165, 1.54) is 0 Å². The summed E-state index contributed by atoms with van der Waals surface area (Å²) in [5, 5.41) is 10.3. The molecule has 1 saturated heterocycles. The molecule has 1 aromatic rings. The van der Waals surface area contributed by atoms with Gasteiger partial charge in [-0.15, -0.1) is 0 Å². The molecule has 0 spiro atoms. The molecule has 0 atom stereocenters. The summed E-state index contributed by atoms with van der Waals surface area (Å²) >= 11 is 9.27. The number of nitrogens with zero attached hydrogens (tertiary/aromatic N) is 1. The topological polar surface area (TPSA) is 66.6 Å². The van der Waals surface area contributed by atoms with E-state index in [1.807, 2.05) is 0 Å². The van der Waals surface area contributed by atoms with Crippen LogP contribution in [-0.4, -0.2) is 20.3 Å². The number of hydrogen-bond donors (Lipinski definition) is 2. The van der Waals surface area contributed by atoms with Crippen LogP contribution in [-0.2, 0) is 4.79 Å². The van der Waals surface area contributed by atoms with Crippen molar-refractivity contribution in [3.05, 3.63) is 33.1 Å². The van der Waals surface area contributed by atoms with Gasteiger partial charge in [0.05, 0.1) is 9.38 Å². The minimum atomic E-state index is -0.316. The lowest BCUT2D eigenvalue weighted by Crippen LogP contribution is -2.34. The molecule has 4 nitrogen and oxygen atoms in total. The monoisotopic (exact) mass is 330 g/mol. The van der Waals surface area contributed by atoms with Gasteiger partial charge in [-0.2, -0.15) is 0 Å². The van der Waals surface area contributed by atoms with E-state index in [0.29, 0.717) is 13.7 Å². The molecule has 1 aliphatic rings. The average molecular weight is 331 g/mol. The van der Waals surface area contributed by atoms with Crippen molar-refractivity contribution in [1.29, 1.82) is 0 Å². The highest BCUT2D eigenvalue weighted by Gasteiger charge is 2.29. The van der Waals surface area contributed by atoms with Crippen molar-refractivity contribution in [2.45, 2.75) is 0 Å². The minimum absolute atomic E-state index is 0.147. The van der Waals surface area contributed by atoms with Crippen molar-refractivity contribution in [1.82, 2.24) is 5.01 Å². The predicted octanol–water partition coefficient (Wildman–Crippen LogP) is 2.23. The maximum absolute atomic E-state index is 11.6. The Kier molecular flexibility index (Phi) is 3.53. The Balaban J connectivity index is 2.34. The summed E-state index contributed by atoms with van der Waals surface area (Å²) in [6.45, 7) is 0.